The van der Waals surface area contributed by atoms with Crippen molar-refractivity contribution in [3.8, 4) is 0 Å². The molecule has 1 aromatic rings. The Kier molecular flexibility index (Phi) is 8.34. The first-order valence-electron chi connectivity index (χ1n) is 8.63. The fourth-order valence-corrected chi connectivity index (χ4v) is 3.10. The maximum absolute atomic E-state index is 13.0. The van der Waals surface area contributed by atoms with Gasteiger partial charge in [0.05, 0.1) is 13.2 Å². The molecule has 0 aromatic heterocycles. The highest BCUT2D eigenvalue weighted by molar-refractivity contribution is 6.30. The third-order valence-electron chi connectivity index (χ3n) is 4.19. The third kappa shape index (κ3) is 6.68. The number of ether oxygens (including phenoxy) is 1. The minimum absolute atomic E-state index is 0.0909. The van der Waals surface area contributed by atoms with Crippen molar-refractivity contribution in [2.45, 2.75) is 19.6 Å². The molecule has 1 atom stereocenters. The number of carbonyl (C=O) groups excluding carboxylic acids is 3. The van der Waals surface area contributed by atoms with Crippen molar-refractivity contribution in [3.05, 3.63) is 34.9 Å². The SMILES string of the molecule is CC(=O)N1CCOC(C(=O)N(CCNC(=O)CCl)Cc2cccc(Cl)c2)C1. The Bertz CT molecular complexity index is 686. The Hall–Kier alpha value is -1.83. The fourth-order valence-electron chi connectivity index (χ4n) is 2.79. The minimum atomic E-state index is -0.731. The number of nitrogens with one attached hydrogen (secondary N) is 1. The molecule has 1 fully saturated rings. The van der Waals surface area contributed by atoms with Crippen molar-refractivity contribution in [3.63, 3.8) is 0 Å². The van der Waals surface area contributed by atoms with Gasteiger partial charge in [-0.2, -0.15) is 0 Å². The standard InChI is InChI=1S/C18H23Cl2N3O4/c1-13(24)22-7-8-27-16(12-22)18(26)23(6-5-21-17(25)10-19)11-14-3-2-4-15(20)9-14/h2-4,9,16H,5-8,10-12H2,1H3,(H,21,25). The topological polar surface area (TPSA) is 79.0 Å². The lowest BCUT2D eigenvalue weighted by molar-refractivity contribution is -0.154. The number of benzene rings is 1. The molecule has 1 saturated heterocycles. The summed E-state index contributed by atoms with van der Waals surface area (Å²) in [5.41, 5.74) is 0.860. The summed E-state index contributed by atoms with van der Waals surface area (Å²) in [5, 5.41) is 3.22. The molecular weight excluding hydrogens is 393 g/mol. The van der Waals surface area contributed by atoms with Crippen LogP contribution in [0.2, 0.25) is 5.02 Å². The second kappa shape index (κ2) is 10.5. The molecule has 9 heteroatoms. The number of rotatable bonds is 7. The first-order valence-corrected chi connectivity index (χ1v) is 9.55. The molecule has 1 aliphatic heterocycles. The number of amides is 3. The number of hydrogen-bond acceptors (Lipinski definition) is 4. The third-order valence-corrected chi connectivity index (χ3v) is 4.66. The van der Waals surface area contributed by atoms with Crippen LogP contribution in [0.4, 0.5) is 0 Å². The van der Waals surface area contributed by atoms with Gasteiger partial charge >= 0.3 is 0 Å². The summed E-state index contributed by atoms with van der Waals surface area (Å²) < 4.78 is 5.59. The number of morpholine rings is 1. The largest absolute Gasteiger partial charge is 0.365 e. The Balaban J connectivity index is 2.08. The molecule has 1 N–H and O–H groups in total. The zero-order valence-electron chi connectivity index (χ0n) is 15.1. The van der Waals surface area contributed by atoms with Gasteiger partial charge < -0.3 is 19.9 Å². The van der Waals surface area contributed by atoms with Gasteiger partial charge in [0, 0.05) is 38.1 Å². The number of hydrogen-bond donors (Lipinski definition) is 1. The van der Waals surface area contributed by atoms with E-state index in [1.165, 1.54) is 6.92 Å². The lowest BCUT2D eigenvalue weighted by atomic mass is 10.1. The zero-order chi connectivity index (χ0) is 19.8. The van der Waals surface area contributed by atoms with Crippen LogP contribution in [0.3, 0.4) is 0 Å². The van der Waals surface area contributed by atoms with E-state index < -0.39 is 6.10 Å². The van der Waals surface area contributed by atoms with Crippen molar-refractivity contribution in [1.29, 1.82) is 0 Å². The molecule has 0 radical (unpaired) electrons. The van der Waals surface area contributed by atoms with Crippen LogP contribution in [-0.4, -0.2) is 72.3 Å². The lowest BCUT2D eigenvalue weighted by Gasteiger charge is -2.34. The van der Waals surface area contributed by atoms with E-state index in [0.717, 1.165) is 5.56 Å². The lowest BCUT2D eigenvalue weighted by Crippen LogP contribution is -2.52. The van der Waals surface area contributed by atoms with Gasteiger partial charge in [-0.15, -0.1) is 11.6 Å². The average Bonchev–Trinajstić information content (AvgIpc) is 2.66. The summed E-state index contributed by atoms with van der Waals surface area (Å²) in [5.74, 6) is -0.766. The predicted molar refractivity (Wildman–Crippen MR) is 103 cm³/mol. The van der Waals surface area contributed by atoms with Gasteiger partial charge in [0.25, 0.3) is 5.91 Å². The Morgan fingerprint density at radius 2 is 2.15 bits per heavy atom. The van der Waals surface area contributed by atoms with Crippen molar-refractivity contribution >= 4 is 40.9 Å². The zero-order valence-corrected chi connectivity index (χ0v) is 16.6. The molecule has 3 amide bonds. The quantitative estimate of drug-likeness (QED) is 0.680. The minimum Gasteiger partial charge on any atom is -0.365 e. The number of halogens is 2. The van der Waals surface area contributed by atoms with E-state index in [2.05, 4.69) is 5.32 Å². The summed E-state index contributed by atoms with van der Waals surface area (Å²) in [4.78, 5) is 39.1. The number of nitrogens with zero attached hydrogens (tertiary/aromatic N) is 2. The molecule has 1 unspecified atom stereocenters. The van der Waals surface area contributed by atoms with Crippen molar-refractivity contribution in [2.24, 2.45) is 0 Å². The van der Waals surface area contributed by atoms with E-state index in [1.54, 1.807) is 21.9 Å². The van der Waals surface area contributed by atoms with Gasteiger partial charge in [0.1, 0.15) is 5.88 Å². The Morgan fingerprint density at radius 3 is 2.81 bits per heavy atom. The van der Waals surface area contributed by atoms with E-state index in [4.69, 9.17) is 27.9 Å². The van der Waals surface area contributed by atoms with Crippen molar-refractivity contribution < 1.29 is 19.1 Å². The first kappa shape index (κ1) is 21.5. The fraction of sp³-hybridized carbons (Fsp3) is 0.500. The van der Waals surface area contributed by atoms with Crippen LogP contribution >= 0.6 is 23.2 Å². The van der Waals surface area contributed by atoms with E-state index >= 15 is 0 Å². The highest BCUT2D eigenvalue weighted by Gasteiger charge is 2.31. The van der Waals surface area contributed by atoms with Crippen LogP contribution in [0.15, 0.2) is 24.3 Å². The van der Waals surface area contributed by atoms with Crippen molar-refractivity contribution in [1.82, 2.24) is 15.1 Å². The second-order valence-electron chi connectivity index (χ2n) is 6.20. The Labute approximate surface area is 168 Å². The molecule has 0 spiro atoms. The van der Waals surface area contributed by atoms with E-state index in [1.807, 2.05) is 12.1 Å². The van der Waals surface area contributed by atoms with Gasteiger partial charge in [-0.05, 0) is 17.7 Å². The summed E-state index contributed by atoms with van der Waals surface area (Å²) in [6.07, 6.45) is -0.731. The van der Waals surface area contributed by atoms with Crippen LogP contribution in [0.25, 0.3) is 0 Å². The van der Waals surface area contributed by atoms with E-state index in [0.29, 0.717) is 24.7 Å². The van der Waals surface area contributed by atoms with Gasteiger partial charge in [0.2, 0.25) is 11.8 Å². The predicted octanol–water partition coefficient (Wildman–Crippen LogP) is 1.27. The molecule has 0 bridgehead atoms. The number of alkyl halides is 1. The van der Waals surface area contributed by atoms with Crippen molar-refractivity contribution in [2.75, 3.05) is 38.7 Å². The summed E-state index contributed by atoms with van der Waals surface area (Å²) in [7, 11) is 0. The van der Waals surface area contributed by atoms with E-state index in [-0.39, 0.29) is 43.2 Å². The van der Waals surface area contributed by atoms with E-state index in [9.17, 15) is 14.4 Å². The van der Waals surface area contributed by atoms with Crippen LogP contribution in [0.5, 0.6) is 0 Å². The first-order chi connectivity index (χ1) is 12.9. The summed E-state index contributed by atoms with van der Waals surface area (Å²) >= 11 is 11.5. The van der Waals surface area contributed by atoms with Gasteiger partial charge in [-0.25, -0.2) is 0 Å². The molecule has 2 rings (SSSR count). The van der Waals surface area contributed by atoms with Crippen LogP contribution in [0.1, 0.15) is 12.5 Å². The van der Waals surface area contributed by atoms with Gasteiger partial charge in [-0.1, -0.05) is 23.7 Å². The molecule has 27 heavy (non-hydrogen) atoms. The Morgan fingerprint density at radius 1 is 1.37 bits per heavy atom. The molecule has 0 saturated carbocycles. The summed E-state index contributed by atoms with van der Waals surface area (Å²) in [6, 6.07) is 7.22. The number of carbonyl (C=O) groups is 3. The maximum Gasteiger partial charge on any atom is 0.253 e. The van der Waals surface area contributed by atoms with Gasteiger partial charge in [-0.3, -0.25) is 14.4 Å². The molecule has 0 aliphatic carbocycles. The highest BCUT2D eigenvalue weighted by Crippen LogP contribution is 2.15. The molecular formula is C18H23Cl2N3O4. The highest BCUT2D eigenvalue weighted by atomic mass is 35.5. The molecule has 148 valence electrons. The van der Waals surface area contributed by atoms with Crippen LogP contribution in [0, 0.1) is 0 Å². The molecule has 1 aromatic carbocycles. The average molecular weight is 416 g/mol. The van der Waals surface area contributed by atoms with Crippen LogP contribution < -0.4 is 5.32 Å². The van der Waals surface area contributed by atoms with Crippen LogP contribution in [-0.2, 0) is 25.7 Å². The monoisotopic (exact) mass is 415 g/mol. The second-order valence-corrected chi connectivity index (χ2v) is 6.90. The molecule has 7 nitrogen and oxygen atoms in total. The maximum atomic E-state index is 13.0. The van der Waals surface area contributed by atoms with Gasteiger partial charge in [0.15, 0.2) is 6.10 Å². The normalized spacial score (nSPS) is 16.7. The smallest absolute Gasteiger partial charge is 0.253 e. The molecule has 1 heterocycles. The molecule has 1 aliphatic rings. The summed E-state index contributed by atoms with van der Waals surface area (Å²) in [6.45, 7) is 3.33.